The molecule has 0 bridgehead atoms. The first-order valence-electron chi connectivity index (χ1n) is 10.3. The molecule has 7 nitrogen and oxygen atoms in total. The van der Waals surface area contributed by atoms with E-state index in [1.165, 1.54) is 17.5 Å². The van der Waals surface area contributed by atoms with Crippen molar-refractivity contribution in [1.82, 2.24) is 9.62 Å². The van der Waals surface area contributed by atoms with Gasteiger partial charge in [0.1, 0.15) is 10.6 Å². The lowest BCUT2D eigenvalue weighted by Crippen LogP contribution is -2.40. The molecule has 1 N–H and O–H groups in total. The van der Waals surface area contributed by atoms with Gasteiger partial charge in [0, 0.05) is 28.8 Å². The average molecular weight is 497 g/mol. The number of morpholine rings is 1. The number of halogens is 1. The van der Waals surface area contributed by atoms with E-state index in [0.717, 1.165) is 22.6 Å². The zero-order valence-corrected chi connectivity index (χ0v) is 20.1. The molecular weight excluding hydrogens is 472 g/mol. The van der Waals surface area contributed by atoms with Crippen LogP contribution in [0.25, 0.3) is 0 Å². The Bertz CT molecular complexity index is 1100. The van der Waals surface area contributed by atoms with E-state index in [0.29, 0.717) is 23.8 Å². The first-order chi connectivity index (χ1) is 15.4. The number of hydrogen-bond donors (Lipinski definition) is 1. The summed E-state index contributed by atoms with van der Waals surface area (Å²) in [6, 6.07) is 10.5. The van der Waals surface area contributed by atoms with Crippen molar-refractivity contribution in [3.05, 3.63) is 52.5 Å². The van der Waals surface area contributed by atoms with Gasteiger partial charge in [0.2, 0.25) is 15.9 Å². The van der Waals surface area contributed by atoms with Crippen LogP contribution in [0.5, 0.6) is 5.75 Å². The van der Waals surface area contributed by atoms with Gasteiger partial charge in [-0.15, -0.1) is 11.8 Å². The number of amides is 1. The maximum absolute atomic E-state index is 13.2. The second-order valence-corrected chi connectivity index (χ2v) is 11.1. The van der Waals surface area contributed by atoms with Crippen molar-refractivity contribution in [2.75, 3.05) is 39.2 Å². The number of nitrogens with one attached hydrogen (secondary N) is 1. The van der Waals surface area contributed by atoms with Crippen LogP contribution < -0.4 is 10.1 Å². The molecule has 2 aliphatic heterocycles. The summed E-state index contributed by atoms with van der Waals surface area (Å²) in [5, 5.41) is 3.72. The lowest BCUT2D eigenvalue weighted by molar-refractivity contribution is -0.121. The molecule has 172 valence electrons. The van der Waals surface area contributed by atoms with Crippen molar-refractivity contribution in [3.63, 3.8) is 0 Å². The molecule has 0 saturated carbocycles. The summed E-state index contributed by atoms with van der Waals surface area (Å²) in [7, 11) is -2.32. The number of thioether (sulfide) groups is 1. The number of carbonyl (C=O) groups excluding carboxylic acids is 1. The van der Waals surface area contributed by atoms with E-state index in [1.54, 1.807) is 23.9 Å². The van der Waals surface area contributed by atoms with Gasteiger partial charge in [0.25, 0.3) is 0 Å². The third kappa shape index (κ3) is 5.07. The van der Waals surface area contributed by atoms with E-state index >= 15 is 0 Å². The summed E-state index contributed by atoms with van der Waals surface area (Å²) in [5.74, 6) is 0.991. The maximum atomic E-state index is 13.2. The zero-order valence-electron chi connectivity index (χ0n) is 17.7. The van der Waals surface area contributed by atoms with Gasteiger partial charge < -0.3 is 14.8 Å². The smallest absolute Gasteiger partial charge is 0.246 e. The largest absolute Gasteiger partial charge is 0.495 e. The molecule has 2 aromatic carbocycles. The fourth-order valence-electron chi connectivity index (χ4n) is 3.90. The van der Waals surface area contributed by atoms with Gasteiger partial charge in [-0.2, -0.15) is 4.31 Å². The first kappa shape index (κ1) is 23.4. The fourth-order valence-corrected chi connectivity index (χ4v) is 6.80. The number of carbonyl (C=O) groups is 1. The number of benzene rings is 2. The molecule has 1 fully saturated rings. The van der Waals surface area contributed by atoms with Crippen LogP contribution in [0.1, 0.15) is 23.6 Å². The Kier molecular flexibility index (Phi) is 7.31. The number of sulfonamides is 1. The number of hydrogen-bond acceptors (Lipinski definition) is 6. The molecule has 1 atom stereocenters. The Morgan fingerprint density at radius 1 is 1.25 bits per heavy atom. The normalized spacial score (nSPS) is 19.2. The van der Waals surface area contributed by atoms with Gasteiger partial charge >= 0.3 is 0 Å². The van der Waals surface area contributed by atoms with Gasteiger partial charge in [-0.25, -0.2) is 8.42 Å². The van der Waals surface area contributed by atoms with Crippen LogP contribution in [-0.2, 0) is 26.0 Å². The lowest BCUT2D eigenvalue weighted by atomic mass is 10.0. The molecule has 2 aliphatic rings. The number of ether oxygens (including phenoxy) is 2. The fraction of sp³-hybridized carbons (Fsp3) is 0.409. The minimum absolute atomic E-state index is 0.0647. The molecule has 1 amide bonds. The van der Waals surface area contributed by atoms with E-state index < -0.39 is 10.0 Å². The molecule has 32 heavy (non-hydrogen) atoms. The molecule has 4 rings (SSSR count). The van der Waals surface area contributed by atoms with E-state index in [-0.39, 0.29) is 42.1 Å². The highest BCUT2D eigenvalue weighted by molar-refractivity contribution is 7.99. The van der Waals surface area contributed by atoms with Gasteiger partial charge in [-0.3, -0.25) is 4.79 Å². The summed E-state index contributed by atoms with van der Waals surface area (Å²) >= 11 is 7.91. The van der Waals surface area contributed by atoms with Crippen molar-refractivity contribution in [2.24, 2.45) is 0 Å². The Balaban J connectivity index is 1.52. The molecule has 0 radical (unpaired) electrons. The van der Waals surface area contributed by atoms with Gasteiger partial charge in [0.05, 0.1) is 32.8 Å². The van der Waals surface area contributed by atoms with Crippen LogP contribution in [0.2, 0.25) is 5.02 Å². The average Bonchev–Trinajstić information content (AvgIpc) is 2.80. The first-order valence-corrected chi connectivity index (χ1v) is 13.2. The Morgan fingerprint density at radius 2 is 2.03 bits per heavy atom. The minimum atomic E-state index is -3.76. The zero-order chi connectivity index (χ0) is 22.7. The molecule has 10 heteroatoms. The Morgan fingerprint density at radius 3 is 2.78 bits per heavy atom. The van der Waals surface area contributed by atoms with Crippen LogP contribution in [0, 0.1) is 0 Å². The van der Waals surface area contributed by atoms with Crippen molar-refractivity contribution in [3.8, 4) is 5.75 Å². The molecular formula is C22H25ClN2O5S2. The van der Waals surface area contributed by atoms with E-state index in [1.807, 2.05) is 18.2 Å². The quantitative estimate of drug-likeness (QED) is 0.660. The monoisotopic (exact) mass is 496 g/mol. The standard InChI is InChI=1S/C22H25ClN2O5S2/c1-29-19-4-2-15(12-21(19)32(27,28)25-7-9-30-10-8-25)13-22(26)24-18-6-11-31-20-5-3-16(23)14-17(18)20/h2-5,12,14,18H,6-11,13H2,1H3,(H,24,26)/t18-/m1/s1. The highest BCUT2D eigenvalue weighted by Gasteiger charge is 2.30. The van der Waals surface area contributed by atoms with Crippen LogP contribution in [0.3, 0.4) is 0 Å². The van der Waals surface area contributed by atoms with Gasteiger partial charge in [-0.1, -0.05) is 17.7 Å². The van der Waals surface area contributed by atoms with Crippen LogP contribution in [0.15, 0.2) is 46.2 Å². The third-order valence-electron chi connectivity index (χ3n) is 5.53. The second kappa shape index (κ2) is 10.0. The summed E-state index contributed by atoms with van der Waals surface area (Å²) < 4.78 is 38.3. The van der Waals surface area contributed by atoms with Crippen molar-refractivity contribution < 1.29 is 22.7 Å². The molecule has 0 aliphatic carbocycles. The summed E-state index contributed by atoms with van der Waals surface area (Å²) in [6.45, 7) is 1.29. The third-order valence-corrected chi connectivity index (χ3v) is 8.80. The summed E-state index contributed by atoms with van der Waals surface area (Å²) in [4.78, 5) is 14.0. The summed E-state index contributed by atoms with van der Waals surface area (Å²) in [6.07, 6.45) is 0.873. The Hall–Kier alpha value is -1.78. The second-order valence-electron chi connectivity index (χ2n) is 7.62. The summed E-state index contributed by atoms with van der Waals surface area (Å²) in [5.41, 5.74) is 1.62. The van der Waals surface area contributed by atoms with Crippen LogP contribution in [0.4, 0.5) is 0 Å². The van der Waals surface area contributed by atoms with Gasteiger partial charge in [-0.05, 0) is 47.9 Å². The molecule has 0 aromatic heterocycles. The molecule has 0 unspecified atom stereocenters. The highest BCUT2D eigenvalue weighted by atomic mass is 35.5. The van der Waals surface area contributed by atoms with Crippen molar-refractivity contribution in [2.45, 2.75) is 28.7 Å². The van der Waals surface area contributed by atoms with E-state index in [9.17, 15) is 13.2 Å². The minimum Gasteiger partial charge on any atom is -0.495 e. The predicted molar refractivity (Wildman–Crippen MR) is 124 cm³/mol. The SMILES string of the molecule is COc1ccc(CC(=O)N[C@@H]2CCSc3ccc(Cl)cc32)cc1S(=O)(=O)N1CCOCC1. The number of fused-ring (bicyclic) bond motifs is 1. The predicted octanol–water partition coefficient (Wildman–Crippen LogP) is 3.27. The van der Waals surface area contributed by atoms with Crippen LogP contribution >= 0.6 is 23.4 Å². The molecule has 2 aromatic rings. The Labute approximate surface area is 197 Å². The highest BCUT2D eigenvalue weighted by Crippen LogP contribution is 2.37. The van der Waals surface area contributed by atoms with Crippen molar-refractivity contribution >= 4 is 39.3 Å². The van der Waals surface area contributed by atoms with E-state index in [4.69, 9.17) is 21.1 Å². The van der Waals surface area contributed by atoms with E-state index in [2.05, 4.69) is 5.32 Å². The molecule has 2 heterocycles. The molecule has 1 saturated heterocycles. The maximum Gasteiger partial charge on any atom is 0.246 e. The lowest BCUT2D eigenvalue weighted by Gasteiger charge is -2.27. The number of nitrogens with zero attached hydrogens (tertiary/aromatic N) is 1. The van der Waals surface area contributed by atoms with Gasteiger partial charge in [0.15, 0.2) is 0 Å². The van der Waals surface area contributed by atoms with Crippen molar-refractivity contribution in [1.29, 1.82) is 0 Å². The number of rotatable bonds is 6. The topological polar surface area (TPSA) is 84.9 Å². The number of methoxy groups -OCH3 is 1. The molecule has 0 spiro atoms. The van der Waals surface area contributed by atoms with Crippen LogP contribution in [-0.4, -0.2) is 57.8 Å².